The van der Waals surface area contributed by atoms with E-state index in [1.807, 2.05) is 18.7 Å². The van der Waals surface area contributed by atoms with Crippen LogP contribution in [0.2, 0.25) is 0 Å². The molecule has 0 saturated carbocycles. The monoisotopic (exact) mass is 495 g/mol. The molecule has 1 aliphatic heterocycles. The number of piperidine rings is 1. The van der Waals surface area contributed by atoms with Crippen LogP contribution >= 0.6 is 0 Å². The van der Waals surface area contributed by atoms with E-state index >= 15 is 0 Å². The Balaban J connectivity index is 1.54. The molecule has 3 rings (SSSR count). The number of carbonyl (C=O) groups excluding carboxylic acids is 2. The van der Waals surface area contributed by atoms with E-state index in [-0.39, 0.29) is 24.6 Å². The van der Waals surface area contributed by atoms with Crippen molar-refractivity contribution in [3.05, 3.63) is 41.7 Å². The molecule has 35 heavy (non-hydrogen) atoms. The number of rotatable bonds is 8. The Morgan fingerprint density at radius 1 is 1.20 bits per heavy atom. The van der Waals surface area contributed by atoms with Gasteiger partial charge in [0, 0.05) is 18.3 Å². The summed E-state index contributed by atoms with van der Waals surface area (Å²) in [5, 5.41) is 7.11. The molecule has 9 nitrogen and oxygen atoms in total. The van der Waals surface area contributed by atoms with E-state index < -0.39 is 24.3 Å². The molecule has 0 bridgehead atoms. The van der Waals surface area contributed by atoms with E-state index in [0.29, 0.717) is 17.1 Å². The largest absolute Gasteiger partial charge is 0.493 e. The van der Waals surface area contributed by atoms with Gasteiger partial charge in [-0.25, -0.2) is 5.43 Å². The molecule has 2 aromatic rings. The Morgan fingerprint density at radius 3 is 2.54 bits per heavy atom. The van der Waals surface area contributed by atoms with Crippen LogP contribution < -0.4 is 14.9 Å². The zero-order valence-electron chi connectivity index (χ0n) is 19.7. The maximum atomic E-state index is 12.7. The maximum Gasteiger partial charge on any atom is 0.435 e. The molecule has 1 aliphatic rings. The summed E-state index contributed by atoms with van der Waals surface area (Å²) in [6.07, 6.45) is 0.879. The van der Waals surface area contributed by atoms with Gasteiger partial charge in [-0.2, -0.15) is 23.4 Å². The fourth-order valence-corrected chi connectivity index (χ4v) is 3.97. The number of hydrogen-bond acceptors (Lipinski definition) is 6. The summed E-state index contributed by atoms with van der Waals surface area (Å²) in [7, 11) is 1.46. The molecular weight excluding hydrogens is 467 g/mol. The molecule has 0 radical (unpaired) electrons. The molecule has 12 heteroatoms. The number of likely N-dealkylation sites (tertiary alicyclic amines) is 1. The van der Waals surface area contributed by atoms with Crippen molar-refractivity contribution in [3.8, 4) is 11.5 Å². The lowest BCUT2D eigenvalue weighted by Crippen LogP contribution is -2.49. The number of halogens is 3. The highest BCUT2D eigenvalue weighted by atomic mass is 19.4. The van der Waals surface area contributed by atoms with E-state index in [0.717, 1.165) is 36.2 Å². The van der Waals surface area contributed by atoms with Gasteiger partial charge in [0.05, 0.1) is 13.3 Å². The highest BCUT2D eigenvalue weighted by molar-refractivity contribution is 5.83. The molecule has 2 heterocycles. The van der Waals surface area contributed by atoms with Crippen molar-refractivity contribution < 1.29 is 32.2 Å². The number of aromatic nitrogens is 2. The molecule has 0 aliphatic carbocycles. The highest BCUT2D eigenvalue weighted by Crippen LogP contribution is 2.29. The van der Waals surface area contributed by atoms with E-state index in [9.17, 15) is 22.8 Å². The number of alkyl halides is 3. The lowest BCUT2D eigenvalue weighted by molar-refractivity contribution is -0.142. The second-order valence-corrected chi connectivity index (χ2v) is 8.32. The number of ether oxygens (including phenoxy) is 2. The quantitative estimate of drug-likeness (QED) is 0.448. The van der Waals surface area contributed by atoms with E-state index in [1.165, 1.54) is 13.3 Å². The summed E-state index contributed by atoms with van der Waals surface area (Å²) in [4.78, 5) is 26.5. The molecule has 2 amide bonds. The van der Waals surface area contributed by atoms with Gasteiger partial charge in [-0.3, -0.25) is 14.3 Å². The van der Waals surface area contributed by atoms with Gasteiger partial charge in [0.25, 0.3) is 11.8 Å². The van der Waals surface area contributed by atoms with Gasteiger partial charge in [0.1, 0.15) is 6.54 Å². The molecule has 1 fully saturated rings. The molecule has 2 unspecified atom stereocenters. The number of benzene rings is 1. The van der Waals surface area contributed by atoms with Crippen molar-refractivity contribution in [2.24, 2.45) is 5.10 Å². The Morgan fingerprint density at radius 2 is 1.91 bits per heavy atom. The number of carbonyl (C=O) groups is 2. The van der Waals surface area contributed by atoms with E-state index in [2.05, 4.69) is 15.6 Å². The molecule has 1 saturated heterocycles. The minimum Gasteiger partial charge on any atom is -0.493 e. The van der Waals surface area contributed by atoms with Crippen molar-refractivity contribution in [2.75, 3.05) is 13.7 Å². The molecule has 2 atom stereocenters. The normalized spacial score (nSPS) is 18.5. The van der Waals surface area contributed by atoms with Crippen molar-refractivity contribution in [2.45, 2.75) is 57.9 Å². The third-order valence-electron chi connectivity index (χ3n) is 5.66. The smallest absolute Gasteiger partial charge is 0.435 e. The minimum absolute atomic E-state index is 0.0837. The second kappa shape index (κ2) is 11.2. The highest BCUT2D eigenvalue weighted by Gasteiger charge is 2.33. The van der Waals surface area contributed by atoms with Crippen LogP contribution in [-0.4, -0.2) is 58.5 Å². The van der Waals surface area contributed by atoms with Crippen molar-refractivity contribution in [1.82, 2.24) is 20.1 Å². The predicted molar refractivity (Wildman–Crippen MR) is 121 cm³/mol. The van der Waals surface area contributed by atoms with Gasteiger partial charge in [-0.1, -0.05) is 0 Å². The van der Waals surface area contributed by atoms with Gasteiger partial charge in [0.2, 0.25) is 0 Å². The molecular formula is C23H28F3N5O4. The van der Waals surface area contributed by atoms with Crippen LogP contribution in [-0.2, 0) is 22.3 Å². The van der Waals surface area contributed by atoms with Crippen LogP contribution in [0.4, 0.5) is 13.2 Å². The number of hydrazone groups is 1. The average molecular weight is 496 g/mol. The first-order valence-corrected chi connectivity index (χ1v) is 11.1. The molecule has 1 aromatic heterocycles. The molecule has 1 aromatic carbocycles. The predicted octanol–water partition coefficient (Wildman–Crippen LogP) is 3.23. The standard InChI is InChI=1S/C23H28F3N5O4/c1-15-5-4-6-16(2)31(15)22(33)14-35-18-8-7-17(11-19(18)34-3)12-27-28-21(32)13-30-10-9-20(29-30)23(24,25)26/h7-12,15-16H,4-6,13-14H2,1-3H3,(H,28,32). The van der Waals surface area contributed by atoms with Gasteiger partial charge in [-0.05, 0) is 62.9 Å². The summed E-state index contributed by atoms with van der Waals surface area (Å²) in [5.41, 5.74) is 1.72. The summed E-state index contributed by atoms with van der Waals surface area (Å²) in [5.74, 6) is 0.0341. The van der Waals surface area contributed by atoms with Crippen molar-refractivity contribution >= 4 is 18.0 Å². The second-order valence-electron chi connectivity index (χ2n) is 8.32. The fourth-order valence-electron chi connectivity index (χ4n) is 3.97. The zero-order valence-corrected chi connectivity index (χ0v) is 19.7. The van der Waals surface area contributed by atoms with Crippen LogP contribution in [0.1, 0.15) is 44.4 Å². The Bertz CT molecular complexity index is 1060. The van der Waals surface area contributed by atoms with Gasteiger partial charge < -0.3 is 14.4 Å². The third kappa shape index (κ3) is 6.96. The van der Waals surface area contributed by atoms with Crippen LogP contribution in [0, 0.1) is 0 Å². The number of amides is 2. The van der Waals surface area contributed by atoms with Gasteiger partial charge >= 0.3 is 6.18 Å². The Hall–Kier alpha value is -3.57. The maximum absolute atomic E-state index is 12.7. The van der Waals surface area contributed by atoms with Gasteiger partial charge in [0.15, 0.2) is 23.8 Å². The van der Waals surface area contributed by atoms with Crippen LogP contribution in [0.25, 0.3) is 0 Å². The first-order chi connectivity index (χ1) is 16.6. The third-order valence-corrected chi connectivity index (χ3v) is 5.66. The number of methoxy groups -OCH3 is 1. The first kappa shape index (κ1) is 26.0. The lowest BCUT2D eigenvalue weighted by atomic mass is 9.97. The summed E-state index contributed by atoms with van der Waals surface area (Å²) < 4.78 is 49.7. The topological polar surface area (TPSA) is 98.0 Å². The van der Waals surface area contributed by atoms with E-state index in [4.69, 9.17) is 9.47 Å². The Labute approximate surface area is 200 Å². The minimum atomic E-state index is -4.58. The Kier molecular flexibility index (Phi) is 8.36. The summed E-state index contributed by atoms with van der Waals surface area (Å²) >= 11 is 0. The molecule has 1 N–H and O–H groups in total. The first-order valence-electron chi connectivity index (χ1n) is 11.1. The lowest BCUT2D eigenvalue weighted by Gasteiger charge is -2.39. The average Bonchev–Trinajstić information content (AvgIpc) is 3.27. The molecule has 190 valence electrons. The SMILES string of the molecule is COc1cc(C=NNC(=O)Cn2ccc(C(F)(F)F)n2)ccc1OCC(=O)N1C(C)CCCC1C. The zero-order chi connectivity index (χ0) is 25.6. The van der Waals surface area contributed by atoms with Crippen LogP contribution in [0.5, 0.6) is 11.5 Å². The van der Waals surface area contributed by atoms with Crippen LogP contribution in [0.3, 0.4) is 0 Å². The number of nitrogens with zero attached hydrogens (tertiary/aromatic N) is 4. The number of hydrogen-bond donors (Lipinski definition) is 1. The van der Waals surface area contributed by atoms with E-state index in [1.54, 1.807) is 18.2 Å². The molecule has 0 spiro atoms. The fraction of sp³-hybridized carbons (Fsp3) is 0.478. The van der Waals surface area contributed by atoms with Crippen molar-refractivity contribution in [1.29, 1.82) is 0 Å². The van der Waals surface area contributed by atoms with Crippen molar-refractivity contribution in [3.63, 3.8) is 0 Å². The summed E-state index contributed by atoms with van der Waals surface area (Å²) in [6, 6.07) is 6.03. The van der Waals surface area contributed by atoms with Crippen LogP contribution in [0.15, 0.2) is 35.6 Å². The summed E-state index contributed by atoms with van der Waals surface area (Å²) in [6.45, 7) is 3.54. The number of nitrogens with one attached hydrogen (secondary N) is 1. The van der Waals surface area contributed by atoms with Gasteiger partial charge in [-0.15, -0.1) is 0 Å².